The van der Waals surface area contributed by atoms with E-state index in [1.165, 1.54) is 0 Å². The maximum absolute atomic E-state index is 10.8. The van der Waals surface area contributed by atoms with Crippen molar-refractivity contribution in [3.63, 3.8) is 0 Å². The number of hydrogen-bond donors (Lipinski definition) is 1. The van der Waals surface area contributed by atoms with Crippen molar-refractivity contribution in [1.82, 2.24) is 5.32 Å². The summed E-state index contributed by atoms with van der Waals surface area (Å²) in [5, 5.41) is 14.0. The normalized spacial score (nSPS) is 18.1. The zero-order valence-electron chi connectivity index (χ0n) is 12.0. The zero-order chi connectivity index (χ0) is 14.9. The van der Waals surface area contributed by atoms with Crippen LogP contribution in [0, 0.1) is 10.1 Å². The van der Waals surface area contributed by atoms with Gasteiger partial charge in [0.2, 0.25) is 0 Å². The molecule has 2 rings (SSSR count). The Labute approximate surface area is 117 Å². The molecule has 0 fully saturated rings. The lowest BCUT2D eigenvalue weighted by molar-refractivity contribution is -0.401. The minimum atomic E-state index is -0.454. The van der Waals surface area contributed by atoms with Crippen LogP contribution in [0.25, 0.3) is 5.70 Å². The van der Waals surface area contributed by atoms with Gasteiger partial charge in [0.1, 0.15) is 5.70 Å². The van der Waals surface area contributed by atoms with Gasteiger partial charge < -0.3 is 14.8 Å². The van der Waals surface area contributed by atoms with Crippen molar-refractivity contribution in [3.8, 4) is 11.5 Å². The number of hydrogen-bond acceptors (Lipinski definition) is 5. The second-order valence-corrected chi connectivity index (χ2v) is 5.38. The van der Waals surface area contributed by atoms with Crippen LogP contribution < -0.4 is 14.8 Å². The third-order valence-corrected chi connectivity index (χ3v) is 3.24. The molecule has 0 saturated carbocycles. The minimum absolute atomic E-state index is 0.256. The molecule has 0 bridgehead atoms. The van der Waals surface area contributed by atoms with Gasteiger partial charge in [0.15, 0.2) is 11.5 Å². The van der Waals surface area contributed by atoms with Gasteiger partial charge in [-0.3, -0.25) is 10.1 Å². The van der Waals surface area contributed by atoms with Crippen molar-refractivity contribution in [2.75, 3.05) is 14.2 Å². The molecule has 0 unspecified atom stereocenters. The first kappa shape index (κ1) is 14.2. The van der Waals surface area contributed by atoms with E-state index in [2.05, 4.69) is 5.32 Å². The fourth-order valence-electron chi connectivity index (χ4n) is 2.48. The molecule has 6 nitrogen and oxygen atoms in total. The fraction of sp³-hybridized carbons (Fsp3) is 0.429. The standard InChI is InChI=1S/C14H18N2O4/c1-14(2)7-9-5-12(19-3)13(20-4)6-10(9)11(15-14)8-16(17)18/h5-6,8,15H,7H2,1-4H3/b11-8-. The summed E-state index contributed by atoms with van der Waals surface area (Å²) in [5.41, 5.74) is 2.01. The molecule has 1 aliphatic rings. The molecule has 1 N–H and O–H groups in total. The number of rotatable bonds is 3. The van der Waals surface area contributed by atoms with Crippen LogP contribution in [0.15, 0.2) is 18.3 Å². The first-order valence-corrected chi connectivity index (χ1v) is 6.25. The minimum Gasteiger partial charge on any atom is -0.493 e. The van der Waals surface area contributed by atoms with Crippen molar-refractivity contribution in [3.05, 3.63) is 39.6 Å². The highest BCUT2D eigenvalue weighted by atomic mass is 16.6. The molecule has 0 aliphatic carbocycles. The number of fused-ring (bicyclic) bond motifs is 1. The van der Waals surface area contributed by atoms with E-state index in [4.69, 9.17) is 9.47 Å². The Morgan fingerprint density at radius 3 is 2.45 bits per heavy atom. The maximum atomic E-state index is 10.8. The van der Waals surface area contributed by atoms with Crippen LogP contribution in [0.2, 0.25) is 0 Å². The second-order valence-electron chi connectivity index (χ2n) is 5.38. The van der Waals surface area contributed by atoms with E-state index in [-0.39, 0.29) is 5.54 Å². The van der Waals surface area contributed by atoms with E-state index in [0.717, 1.165) is 23.7 Å². The molecule has 0 aromatic heterocycles. The Kier molecular flexibility index (Phi) is 3.57. The van der Waals surface area contributed by atoms with Crippen molar-refractivity contribution in [2.24, 2.45) is 0 Å². The number of nitro groups is 1. The highest BCUT2D eigenvalue weighted by molar-refractivity contribution is 5.71. The quantitative estimate of drug-likeness (QED) is 0.677. The van der Waals surface area contributed by atoms with Crippen molar-refractivity contribution >= 4 is 5.70 Å². The van der Waals surface area contributed by atoms with Gasteiger partial charge in [-0.1, -0.05) is 0 Å². The first-order chi connectivity index (χ1) is 9.36. The predicted octanol–water partition coefficient (Wildman–Crippen LogP) is 2.20. The largest absolute Gasteiger partial charge is 0.493 e. The van der Waals surface area contributed by atoms with E-state index in [9.17, 15) is 10.1 Å². The Morgan fingerprint density at radius 2 is 1.90 bits per heavy atom. The van der Waals surface area contributed by atoms with Crippen LogP contribution in [-0.2, 0) is 6.42 Å². The molecule has 0 saturated heterocycles. The topological polar surface area (TPSA) is 73.6 Å². The summed E-state index contributed by atoms with van der Waals surface area (Å²) in [4.78, 5) is 10.3. The van der Waals surface area contributed by atoms with E-state index < -0.39 is 4.92 Å². The Morgan fingerprint density at radius 1 is 1.30 bits per heavy atom. The van der Waals surface area contributed by atoms with E-state index in [1.807, 2.05) is 19.9 Å². The van der Waals surface area contributed by atoms with E-state index in [1.54, 1.807) is 20.3 Å². The Bertz CT molecular complexity index is 579. The highest BCUT2D eigenvalue weighted by Crippen LogP contribution is 2.37. The molecule has 0 amide bonds. The average molecular weight is 278 g/mol. The molecule has 0 atom stereocenters. The maximum Gasteiger partial charge on any atom is 0.258 e. The van der Waals surface area contributed by atoms with Gasteiger partial charge in [-0.05, 0) is 38.0 Å². The van der Waals surface area contributed by atoms with Crippen molar-refractivity contribution < 1.29 is 14.4 Å². The van der Waals surface area contributed by atoms with Gasteiger partial charge in [0.25, 0.3) is 6.20 Å². The molecular formula is C14H18N2O4. The van der Waals surface area contributed by atoms with Gasteiger partial charge in [-0.25, -0.2) is 0 Å². The number of nitrogens with one attached hydrogen (secondary N) is 1. The van der Waals surface area contributed by atoms with Crippen LogP contribution in [-0.4, -0.2) is 24.7 Å². The zero-order valence-corrected chi connectivity index (χ0v) is 12.0. The number of benzene rings is 1. The van der Waals surface area contributed by atoms with E-state index in [0.29, 0.717) is 17.2 Å². The van der Waals surface area contributed by atoms with Crippen LogP contribution >= 0.6 is 0 Å². The molecule has 108 valence electrons. The Hall–Kier alpha value is -2.24. The van der Waals surface area contributed by atoms with Gasteiger partial charge >= 0.3 is 0 Å². The summed E-state index contributed by atoms with van der Waals surface area (Å²) >= 11 is 0. The summed E-state index contributed by atoms with van der Waals surface area (Å²) in [6, 6.07) is 3.65. The lowest BCUT2D eigenvalue weighted by atomic mass is 9.86. The van der Waals surface area contributed by atoms with Crippen LogP contribution in [0.1, 0.15) is 25.0 Å². The summed E-state index contributed by atoms with van der Waals surface area (Å²) < 4.78 is 10.5. The third-order valence-electron chi connectivity index (χ3n) is 3.24. The second kappa shape index (κ2) is 5.03. The molecule has 1 heterocycles. The van der Waals surface area contributed by atoms with Gasteiger partial charge in [0, 0.05) is 11.1 Å². The van der Waals surface area contributed by atoms with Gasteiger partial charge in [-0.2, -0.15) is 0 Å². The first-order valence-electron chi connectivity index (χ1n) is 6.25. The lowest BCUT2D eigenvalue weighted by Crippen LogP contribution is -2.43. The molecular weight excluding hydrogens is 260 g/mol. The van der Waals surface area contributed by atoms with Crippen LogP contribution in [0.3, 0.4) is 0 Å². The predicted molar refractivity (Wildman–Crippen MR) is 75.4 cm³/mol. The number of ether oxygens (including phenoxy) is 2. The molecule has 0 spiro atoms. The molecule has 6 heteroatoms. The summed E-state index contributed by atoms with van der Waals surface area (Å²) in [7, 11) is 3.12. The van der Waals surface area contributed by atoms with Crippen molar-refractivity contribution in [2.45, 2.75) is 25.8 Å². The average Bonchev–Trinajstić information content (AvgIpc) is 2.35. The van der Waals surface area contributed by atoms with E-state index >= 15 is 0 Å². The summed E-state index contributed by atoms with van der Waals surface area (Å²) in [5.74, 6) is 1.19. The summed E-state index contributed by atoms with van der Waals surface area (Å²) in [6.45, 7) is 4.00. The van der Waals surface area contributed by atoms with Gasteiger partial charge in [-0.15, -0.1) is 0 Å². The van der Waals surface area contributed by atoms with Crippen LogP contribution in [0.4, 0.5) is 0 Å². The van der Waals surface area contributed by atoms with Crippen LogP contribution in [0.5, 0.6) is 11.5 Å². The third kappa shape index (κ3) is 2.68. The highest BCUT2D eigenvalue weighted by Gasteiger charge is 2.30. The molecule has 0 radical (unpaired) electrons. The molecule has 1 aromatic carbocycles. The smallest absolute Gasteiger partial charge is 0.258 e. The van der Waals surface area contributed by atoms with Gasteiger partial charge in [0.05, 0.1) is 19.1 Å². The summed E-state index contributed by atoms with van der Waals surface area (Å²) in [6.07, 6.45) is 1.74. The molecule has 20 heavy (non-hydrogen) atoms. The SMILES string of the molecule is COc1cc2c(cc1OC)/C(=C/[N+](=O)[O-])NC(C)(C)C2. The van der Waals surface area contributed by atoms with Crippen molar-refractivity contribution in [1.29, 1.82) is 0 Å². The lowest BCUT2D eigenvalue weighted by Gasteiger charge is -2.34. The number of methoxy groups -OCH3 is 2. The Balaban J connectivity index is 2.61. The molecule has 1 aliphatic heterocycles. The molecule has 1 aromatic rings. The fourth-order valence-corrected chi connectivity index (χ4v) is 2.48. The monoisotopic (exact) mass is 278 g/mol. The number of nitrogens with zero attached hydrogens (tertiary/aromatic N) is 1.